The minimum Gasteiger partial charge on any atom is -0.505 e. The number of rotatable bonds is 18. The van der Waals surface area contributed by atoms with Gasteiger partial charge in [-0.2, -0.15) is 18.6 Å². The summed E-state index contributed by atoms with van der Waals surface area (Å²) in [5.74, 6) is 1.10. The molecule has 316 valence electrons. The molecule has 0 aromatic heterocycles. The van der Waals surface area contributed by atoms with E-state index < -0.39 is 10.1 Å². The molecule has 62 heavy (non-hydrogen) atoms. The van der Waals surface area contributed by atoms with Crippen LogP contribution >= 0.6 is 0 Å². The van der Waals surface area contributed by atoms with Gasteiger partial charge >= 0.3 is 0 Å². The van der Waals surface area contributed by atoms with Gasteiger partial charge in [-0.15, -0.1) is 20.5 Å². The van der Waals surface area contributed by atoms with Crippen LogP contribution in [-0.4, -0.2) is 44.2 Å². The van der Waals surface area contributed by atoms with Crippen LogP contribution < -0.4 is 19.5 Å². The van der Waals surface area contributed by atoms with Crippen LogP contribution in [0.15, 0.2) is 158 Å². The van der Waals surface area contributed by atoms with Gasteiger partial charge in [0, 0.05) is 39.7 Å². The monoisotopic (exact) mass is 851 g/mol. The highest BCUT2D eigenvalue weighted by Gasteiger charge is 2.16. The maximum Gasteiger partial charge on any atom is 0.264 e. The first kappa shape index (κ1) is 42.9. The molecule has 0 saturated carbocycles. The number of hydrogen-bond donors (Lipinski definition) is 3. The van der Waals surface area contributed by atoms with Crippen molar-refractivity contribution < 1.29 is 32.3 Å². The number of phenolic OH excluding ortho intramolecular Hbond substituents is 1. The van der Waals surface area contributed by atoms with E-state index in [0.29, 0.717) is 69.1 Å². The lowest BCUT2D eigenvalue weighted by Crippen LogP contribution is -2.06. The molecule has 0 spiro atoms. The van der Waals surface area contributed by atoms with Crippen molar-refractivity contribution in [1.82, 2.24) is 0 Å². The predicted molar refractivity (Wildman–Crippen MR) is 243 cm³/mol. The Kier molecular flexibility index (Phi) is 13.8. The van der Waals surface area contributed by atoms with Crippen molar-refractivity contribution in [3.05, 3.63) is 133 Å². The second-order valence-corrected chi connectivity index (χ2v) is 15.8. The Morgan fingerprint density at radius 2 is 1.32 bits per heavy atom. The Bertz CT molecular complexity index is 2890. The number of azo groups is 3. The summed E-state index contributed by atoms with van der Waals surface area (Å²) in [6.07, 6.45) is 1.47. The topological polar surface area (TPSA) is 188 Å². The normalized spacial score (nSPS) is 11.9. The number of ether oxygens (including phenoxy) is 3. The van der Waals surface area contributed by atoms with Crippen molar-refractivity contribution in [3.8, 4) is 23.0 Å². The molecule has 0 fully saturated rings. The van der Waals surface area contributed by atoms with E-state index in [0.717, 1.165) is 34.5 Å². The van der Waals surface area contributed by atoms with Gasteiger partial charge in [0.25, 0.3) is 10.1 Å². The van der Waals surface area contributed by atoms with Gasteiger partial charge in [0.2, 0.25) is 0 Å². The molecule has 0 unspecified atom stereocenters. The number of unbranched alkanes of at least 4 members (excludes halogenated alkanes) is 1. The number of fused-ring (bicyclic) bond motifs is 2. The molecular formula is C47H45N7O7S. The van der Waals surface area contributed by atoms with Crippen molar-refractivity contribution in [3.63, 3.8) is 0 Å². The second-order valence-electron chi connectivity index (χ2n) is 14.2. The summed E-state index contributed by atoms with van der Waals surface area (Å²) in [7, 11) is -2.57. The van der Waals surface area contributed by atoms with Crippen LogP contribution in [0.2, 0.25) is 0 Å². The van der Waals surface area contributed by atoms with Crippen molar-refractivity contribution >= 4 is 77.2 Å². The molecule has 0 bridgehead atoms. The zero-order valence-corrected chi connectivity index (χ0v) is 35.2. The molecular weight excluding hydrogens is 807 g/mol. The van der Waals surface area contributed by atoms with Crippen molar-refractivity contribution in [2.24, 2.45) is 30.7 Å². The molecule has 0 saturated heterocycles. The zero-order chi connectivity index (χ0) is 43.5. The lowest BCUT2D eigenvalue weighted by molar-refractivity contribution is 0.310. The number of aryl methyl sites for hydroxylation is 1. The van der Waals surface area contributed by atoms with E-state index in [9.17, 15) is 18.1 Å². The summed E-state index contributed by atoms with van der Waals surface area (Å²) in [5, 5.41) is 44.7. The van der Waals surface area contributed by atoms with Gasteiger partial charge in [-0.3, -0.25) is 4.55 Å². The molecule has 15 heteroatoms. The highest BCUT2D eigenvalue weighted by atomic mass is 32.2. The fraction of sp³-hybridized carbons (Fsp3) is 0.191. The Morgan fingerprint density at radius 1 is 0.613 bits per heavy atom. The molecule has 14 nitrogen and oxygen atoms in total. The summed E-state index contributed by atoms with van der Waals surface area (Å²) in [6, 6.07) is 39.2. The molecule has 0 atom stereocenters. The van der Waals surface area contributed by atoms with Gasteiger partial charge in [-0.05, 0) is 104 Å². The van der Waals surface area contributed by atoms with E-state index in [2.05, 4.69) is 36.0 Å². The molecule has 0 aliphatic heterocycles. The SMILES string of the molecule is CCCOc1ccc(N=Nc2cc(OCCCCS(=O)(=O)O)c(N=Nc3cc(OC)c(N=Nc4ccc5cc(Nc6ccccc6)ccc5c4O)c4ccccc34)cc2C)cc1. The van der Waals surface area contributed by atoms with E-state index in [1.807, 2.05) is 117 Å². The Hall–Kier alpha value is -7.23. The number of nitrogens with zero attached hydrogens (tertiary/aromatic N) is 6. The number of para-hydroxylation sites is 1. The number of anilines is 2. The average molecular weight is 852 g/mol. The molecule has 0 aliphatic carbocycles. The van der Waals surface area contributed by atoms with Crippen LogP contribution in [0.1, 0.15) is 31.7 Å². The quantitative estimate of drug-likeness (QED) is 0.0432. The predicted octanol–water partition coefficient (Wildman–Crippen LogP) is 13.8. The molecule has 0 heterocycles. The number of benzene rings is 7. The fourth-order valence-corrected chi connectivity index (χ4v) is 7.06. The highest BCUT2D eigenvalue weighted by Crippen LogP contribution is 2.45. The Morgan fingerprint density at radius 3 is 2.08 bits per heavy atom. The van der Waals surface area contributed by atoms with Crippen LogP contribution in [0.25, 0.3) is 21.5 Å². The first-order valence-corrected chi connectivity index (χ1v) is 21.6. The third-order valence-electron chi connectivity index (χ3n) is 9.65. The van der Waals surface area contributed by atoms with Gasteiger partial charge in [0.15, 0.2) is 5.75 Å². The molecule has 7 rings (SSSR count). The number of hydrogen-bond acceptors (Lipinski definition) is 13. The van der Waals surface area contributed by atoms with Crippen molar-refractivity contribution in [2.45, 2.75) is 33.1 Å². The molecule has 7 aromatic carbocycles. The largest absolute Gasteiger partial charge is 0.505 e. The number of methoxy groups -OCH3 is 1. The second kappa shape index (κ2) is 19.9. The minimum atomic E-state index is -4.10. The van der Waals surface area contributed by atoms with Crippen molar-refractivity contribution in [2.75, 3.05) is 31.4 Å². The maximum absolute atomic E-state index is 11.3. The van der Waals surface area contributed by atoms with Crippen LogP contribution in [0, 0.1) is 6.92 Å². The van der Waals surface area contributed by atoms with E-state index in [1.54, 1.807) is 24.3 Å². The smallest absolute Gasteiger partial charge is 0.264 e. The number of nitrogens with one attached hydrogen (secondary N) is 1. The molecule has 3 N–H and O–H groups in total. The van der Waals surface area contributed by atoms with E-state index >= 15 is 0 Å². The standard InChI is InChI=1S/C47H45N7O7S/c1-4-24-60-36-20-17-34(18-21-36)49-51-41-29-44(61-25-10-11-26-62(56,57)58)43(27-31(41)2)53-52-42-30-45(59-3)46(39-15-9-8-14-38(39)42)54-50-40-23-16-32-28-35(19-22-37(32)47(40)55)48-33-12-6-5-7-13-33/h5-9,12-23,27-30,48,55H,4,10-11,24-26H2,1-3H3,(H,56,57,58). The van der Waals surface area contributed by atoms with E-state index in [1.165, 1.54) is 7.11 Å². The number of phenols is 1. The first-order chi connectivity index (χ1) is 30.1. The summed E-state index contributed by atoms with van der Waals surface area (Å²) in [4.78, 5) is 0. The van der Waals surface area contributed by atoms with Crippen LogP contribution in [0.5, 0.6) is 23.0 Å². The van der Waals surface area contributed by atoms with Gasteiger partial charge in [-0.25, -0.2) is 0 Å². The zero-order valence-electron chi connectivity index (χ0n) is 34.4. The first-order valence-electron chi connectivity index (χ1n) is 20.0. The lowest BCUT2D eigenvalue weighted by atomic mass is 10.1. The van der Waals surface area contributed by atoms with E-state index in [-0.39, 0.29) is 30.2 Å². The van der Waals surface area contributed by atoms with Crippen LogP contribution in [0.4, 0.5) is 45.5 Å². The lowest BCUT2D eigenvalue weighted by Gasteiger charge is -2.12. The molecule has 0 radical (unpaired) electrons. The van der Waals surface area contributed by atoms with Gasteiger partial charge in [0.05, 0.1) is 43.1 Å². The summed E-state index contributed by atoms with van der Waals surface area (Å²) in [5.41, 5.74) is 5.36. The van der Waals surface area contributed by atoms with Crippen LogP contribution in [-0.2, 0) is 10.1 Å². The number of aromatic hydroxyl groups is 1. The summed E-state index contributed by atoms with van der Waals surface area (Å²) in [6.45, 7) is 4.68. The fourth-order valence-electron chi connectivity index (χ4n) is 6.49. The highest BCUT2D eigenvalue weighted by molar-refractivity contribution is 7.85. The van der Waals surface area contributed by atoms with Gasteiger partial charge < -0.3 is 24.6 Å². The third kappa shape index (κ3) is 10.9. The minimum absolute atomic E-state index is 0.00277. The van der Waals surface area contributed by atoms with Crippen LogP contribution in [0.3, 0.4) is 0 Å². The Labute approximate surface area is 359 Å². The van der Waals surface area contributed by atoms with Gasteiger partial charge in [0.1, 0.15) is 34.3 Å². The Balaban J connectivity index is 1.17. The molecule has 0 amide bonds. The summed E-state index contributed by atoms with van der Waals surface area (Å²) >= 11 is 0. The molecule has 0 aliphatic rings. The van der Waals surface area contributed by atoms with E-state index in [4.69, 9.17) is 14.2 Å². The summed E-state index contributed by atoms with van der Waals surface area (Å²) < 4.78 is 49.3. The average Bonchev–Trinajstić information content (AvgIpc) is 3.27. The third-order valence-corrected chi connectivity index (χ3v) is 10.5. The van der Waals surface area contributed by atoms with Gasteiger partial charge in [-0.1, -0.05) is 55.5 Å². The van der Waals surface area contributed by atoms with Crippen molar-refractivity contribution in [1.29, 1.82) is 0 Å². The maximum atomic E-state index is 11.3. The molecule has 7 aromatic rings.